The molecule has 146 valence electrons. The molecule has 1 fully saturated rings. The summed E-state index contributed by atoms with van der Waals surface area (Å²) in [6.45, 7) is 1.01. The molecule has 0 bridgehead atoms. The second kappa shape index (κ2) is 7.43. The van der Waals surface area contributed by atoms with Crippen molar-refractivity contribution in [3.63, 3.8) is 0 Å². The van der Waals surface area contributed by atoms with Gasteiger partial charge in [0.15, 0.2) is 5.65 Å². The van der Waals surface area contributed by atoms with Crippen molar-refractivity contribution in [2.24, 2.45) is 0 Å². The van der Waals surface area contributed by atoms with E-state index in [1.165, 1.54) is 4.90 Å². The largest absolute Gasteiger partial charge is 0.497 e. The number of nitrogens with zero attached hydrogens (tertiary/aromatic N) is 5. The van der Waals surface area contributed by atoms with Gasteiger partial charge in [0.25, 0.3) is 0 Å². The molecule has 0 radical (unpaired) electrons. The molecule has 1 amide bonds. The van der Waals surface area contributed by atoms with E-state index in [4.69, 9.17) is 9.84 Å². The van der Waals surface area contributed by atoms with E-state index in [1.807, 2.05) is 30.5 Å². The number of β-amino-alcohol motifs (C(OH)–C–C–N with tert-alkyl or cyclic N) is 1. The third kappa shape index (κ3) is 3.61. The summed E-state index contributed by atoms with van der Waals surface area (Å²) in [6, 6.07) is 7.77. The van der Waals surface area contributed by atoms with Gasteiger partial charge in [0.05, 0.1) is 31.7 Å². The third-order valence-electron chi connectivity index (χ3n) is 5.01. The molecule has 2 atom stereocenters. The summed E-state index contributed by atoms with van der Waals surface area (Å²) in [7, 11) is 1.63. The Morgan fingerprint density at radius 1 is 1.32 bits per heavy atom. The van der Waals surface area contributed by atoms with Gasteiger partial charge in [-0.15, -0.1) is 0 Å². The Bertz CT molecular complexity index is 988. The Morgan fingerprint density at radius 3 is 2.79 bits per heavy atom. The average Bonchev–Trinajstić information content (AvgIpc) is 3.09. The molecule has 0 aliphatic carbocycles. The summed E-state index contributed by atoms with van der Waals surface area (Å²) in [4.78, 5) is 21.2. The van der Waals surface area contributed by atoms with Crippen LogP contribution in [0.5, 0.6) is 5.75 Å². The fourth-order valence-electron chi connectivity index (χ4n) is 3.46. The SMILES string of the molecule is COc1ccc(Cn2cc3cnc(C4CCN(C(=O)O)CC4O)nc3n2)cc1. The van der Waals surface area contributed by atoms with E-state index in [9.17, 15) is 9.90 Å². The van der Waals surface area contributed by atoms with Crippen LogP contribution in [0.15, 0.2) is 36.7 Å². The molecule has 3 aromatic rings. The number of amides is 1. The van der Waals surface area contributed by atoms with Crippen LogP contribution in [0.1, 0.15) is 23.7 Å². The van der Waals surface area contributed by atoms with Crippen LogP contribution in [0.4, 0.5) is 4.79 Å². The quantitative estimate of drug-likeness (QED) is 0.705. The van der Waals surface area contributed by atoms with Crippen LogP contribution in [0, 0.1) is 0 Å². The van der Waals surface area contributed by atoms with Crippen molar-refractivity contribution in [3.05, 3.63) is 48.0 Å². The van der Waals surface area contributed by atoms with Crippen LogP contribution < -0.4 is 4.74 Å². The first kappa shape index (κ1) is 18.2. The molecule has 0 saturated carbocycles. The van der Waals surface area contributed by atoms with Gasteiger partial charge >= 0.3 is 6.09 Å². The van der Waals surface area contributed by atoms with Gasteiger partial charge in [-0.2, -0.15) is 5.10 Å². The fraction of sp³-hybridized carbons (Fsp3) is 0.368. The summed E-state index contributed by atoms with van der Waals surface area (Å²) in [5.41, 5.74) is 1.64. The zero-order valence-corrected chi connectivity index (χ0v) is 15.4. The van der Waals surface area contributed by atoms with Gasteiger partial charge in [-0.25, -0.2) is 14.8 Å². The summed E-state index contributed by atoms with van der Waals surface area (Å²) in [6.07, 6.45) is 2.21. The smallest absolute Gasteiger partial charge is 0.407 e. The van der Waals surface area contributed by atoms with E-state index in [-0.39, 0.29) is 12.5 Å². The number of piperidine rings is 1. The molecule has 1 aliphatic heterocycles. The van der Waals surface area contributed by atoms with Crippen LogP contribution in [0.2, 0.25) is 0 Å². The van der Waals surface area contributed by atoms with Crippen molar-refractivity contribution in [2.45, 2.75) is 25.0 Å². The van der Waals surface area contributed by atoms with E-state index in [0.29, 0.717) is 31.0 Å². The van der Waals surface area contributed by atoms with Crippen molar-refractivity contribution in [1.29, 1.82) is 0 Å². The highest BCUT2D eigenvalue weighted by molar-refractivity contribution is 5.72. The monoisotopic (exact) mass is 383 g/mol. The number of benzene rings is 1. The average molecular weight is 383 g/mol. The van der Waals surface area contributed by atoms with Crippen molar-refractivity contribution in [1.82, 2.24) is 24.6 Å². The molecular formula is C19H21N5O4. The van der Waals surface area contributed by atoms with Gasteiger partial charge < -0.3 is 19.8 Å². The van der Waals surface area contributed by atoms with Crippen LogP contribution in [0.25, 0.3) is 11.0 Å². The van der Waals surface area contributed by atoms with Crippen LogP contribution in [-0.4, -0.2) is 67.3 Å². The van der Waals surface area contributed by atoms with Gasteiger partial charge in [0, 0.05) is 24.9 Å². The summed E-state index contributed by atoms with van der Waals surface area (Å²) in [5, 5.41) is 24.7. The Kier molecular flexibility index (Phi) is 4.82. The molecule has 2 unspecified atom stereocenters. The molecule has 4 rings (SSSR count). The molecule has 2 aromatic heterocycles. The maximum Gasteiger partial charge on any atom is 0.407 e. The first-order valence-corrected chi connectivity index (χ1v) is 9.02. The predicted molar refractivity (Wildman–Crippen MR) is 100 cm³/mol. The number of methoxy groups -OCH3 is 1. The number of likely N-dealkylation sites (tertiary alicyclic amines) is 1. The van der Waals surface area contributed by atoms with E-state index >= 15 is 0 Å². The van der Waals surface area contributed by atoms with Gasteiger partial charge in [-0.05, 0) is 24.1 Å². The summed E-state index contributed by atoms with van der Waals surface area (Å²) in [5.74, 6) is 1.00. The lowest BCUT2D eigenvalue weighted by Gasteiger charge is -2.33. The second-order valence-corrected chi connectivity index (χ2v) is 6.87. The van der Waals surface area contributed by atoms with Crippen molar-refractivity contribution in [2.75, 3.05) is 20.2 Å². The number of aliphatic hydroxyl groups excluding tert-OH is 1. The maximum atomic E-state index is 11.1. The molecule has 9 nitrogen and oxygen atoms in total. The van der Waals surface area contributed by atoms with E-state index < -0.39 is 12.2 Å². The van der Waals surface area contributed by atoms with Crippen molar-refractivity contribution in [3.8, 4) is 5.75 Å². The Morgan fingerprint density at radius 2 is 2.11 bits per heavy atom. The number of hydrogen-bond donors (Lipinski definition) is 2. The molecule has 28 heavy (non-hydrogen) atoms. The Hall–Kier alpha value is -3.20. The Balaban J connectivity index is 1.52. The van der Waals surface area contributed by atoms with Gasteiger partial charge in [0.2, 0.25) is 0 Å². The molecule has 1 saturated heterocycles. The van der Waals surface area contributed by atoms with Crippen LogP contribution in [0.3, 0.4) is 0 Å². The minimum atomic E-state index is -1.02. The van der Waals surface area contributed by atoms with Gasteiger partial charge in [-0.3, -0.25) is 4.68 Å². The van der Waals surface area contributed by atoms with Gasteiger partial charge in [0.1, 0.15) is 11.6 Å². The first-order valence-electron chi connectivity index (χ1n) is 9.02. The topological polar surface area (TPSA) is 114 Å². The van der Waals surface area contributed by atoms with E-state index in [1.54, 1.807) is 18.0 Å². The number of aromatic nitrogens is 4. The lowest BCUT2D eigenvalue weighted by Crippen LogP contribution is -2.45. The number of aliphatic hydroxyl groups is 1. The van der Waals surface area contributed by atoms with Crippen LogP contribution >= 0.6 is 0 Å². The number of rotatable bonds is 4. The zero-order chi connectivity index (χ0) is 19.7. The minimum absolute atomic E-state index is 0.0628. The molecule has 1 aliphatic rings. The lowest BCUT2D eigenvalue weighted by atomic mass is 9.93. The molecule has 9 heteroatoms. The molecule has 2 N–H and O–H groups in total. The van der Waals surface area contributed by atoms with Gasteiger partial charge in [-0.1, -0.05) is 12.1 Å². The lowest BCUT2D eigenvalue weighted by molar-refractivity contribution is 0.0482. The number of ether oxygens (including phenoxy) is 1. The standard InChI is InChI=1S/C19H21N5O4/c1-28-14-4-2-12(3-5-14)9-24-10-13-8-20-18(21-17(13)22-24)15-6-7-23(19(26)27)11-16(15)25/h2-5,8,10,15-16,25H,6-7,9,11H2,1H3,(H,26,27). The van der Waals surface area contributed by atoms with E-state index in [0.717, 1.165) is 16.7 Å². The number of hydrogen-bond acceptors (Lipinski definition) is 6. The molecule has 0 spiro atoms. The number of fused-ring (bicyclic) bond motifs is 1. The van der Waals surface area contributed by atoms with E-state index in [2.05, 4.69) is 15.1 Å². The maximum absolute atomic E-state index is 11.1. The molecule has 1 aromatic carbocycles. The van der Waals surface area contributed by atoms with Crippen LogP contribution in [-0.2, 0) is 6.54 Å². The predicted octanol–water partition coefficient (Wildman–Crippen LogP) is 1.71. The fourth-order valence-corrected chi connectivity index (χ4v) is 3.46. The highest BCUT2D eigenvalue weighted by Crippen LogP contribution is 2.27. The Labute approximate surface area is 161 Å². The summed E-state index contributed by atoms with van der Waals surface area (Å²) < 4.78 is 6.97. The normalized spacial score (nSPS) is 19.7. The van der Waals surface area contributed by atoms with Crippen molar-refractivity contribution >= 4 is 17.1 Å². The molecular weight excluding hydrogens is 362 g/mol. The highest BCUT2D eigenvalue weighted by atomic mass is 16.5. The van der Waals surface area contributed by atoms with Crippen molar-refractivity contribution < 1.29 is 19.7 Å². The third-order valence-corrected chi connectivity index (χ3v) is 5.01. The number of carbonyl (C=O) groups is 1. The zero-order valence-electron chi connectivity index (χ0n) is 15.4. The molecule has 3 heterocycles. The number of carboxylic acid groups (broad SMARTS) is 1. The summed E-state index contributed by atoms with van der Waals surface area (Å²) >= 11 is 0. The minimum Gasteiger partial charge on any atom is -0.497 e. The highest BCUT2D eigenvalue weighted by Gasteiger charge is 2.33. The second-order valence-electron chi connectivity index (χ2n) is 6.87. The first-order chi connectivity index (χ1) is 13.5.